The molecule has 0 radical (unpaired) electrons. The highest BCUT2D eigenvalue weighted by Crippen LogP contribution is 2.26. The number of aryl methyl sites for hydroxylation is 1. The molecule has 0 aliphatic carbocycles. The van der Waals surface area contributed by atoms with E-state index >= 15 is 0 Å². The molecule has 1 rings (SSSR count). The van der Waals surface area contributed by atoms with Crippen LogP contribution in [0.25, 0.3) is 0 Å². The summed E-state index contributed by atoms with van der Waals surface area (Å²) in [6.07, 6.45) is 1.30. The van der Waals surface area contributed by atoms with Gasteiger partial charge in [0.05, 0.1) is 11.6 Å². The quantitative estimate of drug-likeness (QED) is 0.730. The lowest BCUT2D eigenvalue weighted by atomic mass is 10.1. The molecule has 0 bridgehead atoms. The number of nitrogens with zero attached hydrogens (tertiary/aromatic N) is 1. The summed E-state index contributed by atoms with van der Waals surface area (Å²) in [6, 6.07) is 6.22. The number of amides is 1. The summed E-state index contributed by atoms with van der Waals surface area (Å²) < 4.78 is 6.15. The maximum atomic E-state index is 12.4. The van der Waals surface area contributed by atoms with Gasteiger partial charge in [0.15, 0.2) is 0 Å². The Morgan fingerprint density at radius 1 is 1.29 bits per heavy atom. The van der Waals surface area contributed by atoms with Crippen LogP contribution in [0.2, 0.25) is 0 Å². The number of hydrogen-bond donors (Lipinski definition) is 0. The van der Waals surface area contributed by atoms with Gasteiger partial charge in [-0.1, -0.05) is 19.9 Å². The molecule has 0 fully saturated rings. The van der Waals surface area contributed by atoms with Crippen molar-refractivity contribution in [1.82, 2.24) is 4.90 Å². The largest absolute Gasteiger partial charge is 0.496 e. The average Bonchev–Trinajstić information content (AvgIpc) is 2.41. The zero-order valence-corrected chi connectivity index (χ0v) is 15.2. The molecule has 0 spiro atoms. The van der Waals surface area contributed by atoms with Gasteiger partial charge in [-0.15, -0.1) is 0 Å². The fourth-order valence-corrected chi connectivity index (χ4v) is 2.84. The summed E-state index contributed by atoms with van der Waals surface area (Å²) in [7, 11) is 1.65. The van der Waals surface area contributed by atoms with Crippen LogP contribution in [0.3, 0.4) is 0 Å². The Bertz CT molecular complexity index is 472. The Morgan fingerprint density at radius 2 is 1.95 bits per heavy atom. The highest BCUT2D eigenvalue weighted by atomic mass is 79.9. The predicted molar refractivity (Wildman–Crippen MR) is 90.7 cm³/mol. The third-order valence-corrected chi connectivity index (χ3v) is 3.97. The van der Waals surface area contributed by atoms with E-state index in [1.807, 2.05) is 23.1 Å². The maximum Gasteiger partial charge on any atom is 0.223 e. The lowest BCUT2D eigenvalue weighted by Gasteiger charge is -2.28. The first-order valence-electron chi connectivity index (χ1n) is 7.47. The Labute approximate surface area is 136 Å². The van der Waals surface area contributed by atoms with Gasteiger partial charge in [0.25, 0.3) is 0 Å². The molecule has 0 unspecified atom stereocenters. The number of ether oxygens (including phenoxy) is 1. The summed E-state index contributed by atoms with van der Waals surface area (Å²) in [5, 5.41) is 0. The van der Waals surface area contributed by atoms with Crippen molar-refractivity contribution in [2.24, 2.45) is 5.92 Å². The zero-order chi connectivity index (χ0) is 16.0. The van der Waals surface area contributed by atoms with E-state index in [1.165, 1.54) is 0 Å². The summed E-state index contributed by atoms with van der Waals surface area (Å²) in [5.41, 5.74) is 1.14. The fraction of sp³-hybridized carbons (Fsp3) is 0.588. The lowest BCUT2D eigenvalue weighted by Crippen LogP contribution is -2.39. The summed E-state index contributed by atoms with van der Waals surface area (Å²) in [4.78, 5) is 14.4. The van der Waals surface area contributed by atoms with Crippen LogP contribution in [-0.2, 0) is 11.2 Å². The molecule has 3 nitrogen and oxygen atoms in total. The van der Waals surface area contributed by atoms with Crippen LogP contribution in [0.1, 0.15) is 39.7 Å². The van der Waals surface area contributed by atoms with Crippen molar-refractivity contribution in [3.8, 4) is 5.75 Å². The maximum absolute atomic E-state index is 12.4. The minimum Gasteiger partial charge on any atom is -0.496 e. The predicted octanol–water partition coefficient (Wildman–Crippen LogP) is 4.28. The van der Waals surface area contributed by atoms with Crippen molar-refractivity contribution in [1.29, 1.82) is 0 Å². The van der Waals surface area contributed by atoms with Crippen LogP contribution in [0, 0.1) is 5.92 Å². The van der Waals surface area contributed by atoms with Gasteiger partial charge in [-0.3, -0.25) is 4.79 Å². The van der Waals surface area contributed by atoms with Crippen LogP contribution < -0.4 is 4.74 Å². The van der Waals surface area contributed by atoms with Gasteiger partial charge in [0, 0.05) is 19.0 Å². The van der Waals surface area contributed by atoms with Crippen LogP contribution in [-0.4, -0.2) is 30.5 Å². The Kier molecular flexibility index (Phi) is 7.23. The van der Waals surface area contributed by atoms with Gasteiger partial charge in [-0.25, -0.2) is 0 Å². The molecule has 0 saturated carbocycles. The minimum absolute atomic E-state index is 0.227. The summed E-state index contributed by atoms with van der Waals surface area (Å²) in [6.45, 7) is 9.25. The molecular formula is C17H26BrNO2. The van der Waals surface area contributed by atoms with Crippen molar-refractivity contribution >= 4 is 21.8 Å². The molecule has 0 heterocycles. The van der Waals surface area contributed by atoms with E-state index in [9.17, 15) is 4.79 Å². The van der Waals surface area contributed by atoms with E-state index < -0.39 is 0 Å². The molecular weight excluding hydrogens is 330 g/mol. The van der Waals surface area contributed by atoms with E-state index in [2.05, 4.69) is 43.6 Å². The van der Waals surface area contributed by atoms with E-state index in [1.54, 1.807) is 7.11 Å². The molecule has 0 aromatic heterocycles. The summed E-state index contributed by atoms with van der Waals surface area (Å²) in [5.74, 6) is 1.53. The number of rotatable bonds is 7. The highest BCUT2D eigenvalue weighted by Gasteiger charge is 2.17. The van der Waals surface area contributed by atoms with Gasteiger partial charge in [0.1, 0.15) is 5.75 Å². The smallest absolute Gasteiger partial charge is 0.223 e. The Morgan fingerprint density at radius 3 is 2.43 bits per heavy atom. The third-order valence-electron chi connectivity index (χ3n) is 3.35. The second kappa shape index (κ2) is 8.42. The normalized spacial score (nSPS) is 11.0. The van der Waals surface area contributed by atoms with Crippen LogP contribution in [0.15, 0.2) is 22.7 Å². The van der Waals surface area contributed by atoms with Crippen molar-refractivity contribution < 1.29 is 9.53 Å². The van der Waals surface area contributed by atoms with Crippen LogP contribution in [0.4, 0.5) is 0 Å². The third kappa shape index (κ3) is 5.70. The Balaban J connectivity index is 2.64. The summed E-state index contributed by atoms with van der Waals surface area (Å²) >= 11 is 3.48. The number of benzene rings is 1. The molecule has 0 aliphatic heterocycles. The van der Waals surface area contributed by atoms with E-state index in [-0.39, 0.29) is 11.9 Å². The van der Waals surface area contributed by atoms with Gasteiger partial charge in [-0.05, 0) is 59.8 Å². The van der Waals surface area contributed by atoms with E-state index in [0.717, 1.165) is 28.8 Å². The van der Waals surface area contributed by atoms with Gasteiger partial charge < -0.3 is 9.64 Å². The molecule has 0 aliphatic rings. The molecule has 21 heavy (non-hydrogen) atoms. The highest BCUT2D eigenvalue weighted by molar-refractivity contribution is 9.10. The molecule has 118 valence electrons. The standard InChI is InChI=1S/C17H26BrNO2/c1-12(2)11-19(13(3)4)17(20)9-7-14-6-8-16(21-5)15(18)10-14/h6,8,10,12-13H,7,9,11H2,1-5H3. The van der Waals surface area contributed by atoms with Crippen molar-refractivity contribution in [3.05, 3.63) is 28.2 Å². The van der Waals surface area contributed by atoms with Crippen LogP contribution in [0.5, 0.6) is 5.75 Å². The van der Waals surface area contributed by atoms with Gasteiger partial charge in [-0.2, -0.15) is 0 Å². The number of hydrogen-bond acceptors (Lipinski definition) is 2. The zero-order valence-electron chi connectivity index (χ0n) is 13.6. The molecule has 4 heteroatoms. The molecule has 0 N–H and O–H groups in total. The van der Waals surface area contributed by atoms with Crippen molar-refractivity contribution in [3.63, 3.8) is 0 Å². The number of carbonyl (C=O) groups is 1. The molecule has 1 aromatic rings. The number of carbonyl (C=O) groups excluding carboxylic acids is 1. The second-order valence-electron chi connectivity index (χ2n) is 6.00. The first-order valence-corrected chi connectivity index (χ1v) is 8.26. The topological polar surface area (TPSA) is 29.5 Å². The van der Waals surface area contributed by atoms with Crippen molar-refractivity contribution in [2.45, 2.75) is 46.6 Å². The average molecular weight is 356 g/mol. The van der Waals surface area contributed by atoms with E-state index in [4.69, 9.17) is 4.74 Å². The molecule has 0 saturated heterocycles. The lowest BCUT2D eigenvalue weighted by molar-refractivity contribution is -0.133. The number of halogens is 1. The van der Waals surface area contributed by atoms with Crippen molar-refractivity contribution in [2.75, 3.05) is 13.7 Å². The van der Waals surface area contributed by atoms with Crippen LogP contribution >= 0.6 is 15.9 Å². The fourth-order valence-electron chi connectivity index (χ4n) is 2.25. The molecule has 0 atom stereocenters. The SMILES string of the molecule is COc1ccc(CCC(=O)N(CC(C)C)C(C)C)cc1Br. The Hall–Kier alpha value is -1.03. The van der Waals surface area contributed by atoms with Gasteiger partial charge >= 0.3 is 0 Å². The second-order valence-corrected chi connectivity index (χ2v) is 6.86. The monoisotopic (exact) mass is 355 g/mol. The molecule has 1 amide bonds. The first kappa shape index (κ1) is 18.0. The minimum atomic E-state index is 0.227. The number of methoxy groups -OCH3 is 1. The van der Waals surface area contributed by atoms with E-state index in [0.29, 0.717) is 12.3 Å². The van der Waals surface area contributed by atoms with Gasteiger partial charge in [0.2, 0.25) is 5.91 Å². The molecule has 1 aromatic carbocycles. The first-order chi connectivity index (χ1) is 9.85.